The molecule has 22 heavy (non-hydrogen) atoms. The van der Waals surface area contributed by atoms with Crippen LogP contribution in [0.4, 0.5) is 5.82 Å². The fraction of sp³-hybridized carbons (Fsp3) is 0.583. The molecule has 4 N–H and O–H groups in total. The highest BCUT2D eigenvalue weighted by Gasteiger charge is 2.44. The number of hydrogen-bond acceptors (Lipinski definition) is 8. The van der Waals surface area contributed by atoms with Gasteiger partial charge in [-0.1, -0.05) is 0 Å². The molecular formula is C12H16ClN5O3S. The van der Waals surface area contributed by atoms with Gasteiger partial charge in [0.25, 0.3) is 0 Å². The van der Waals surface area contributed by atoms with Crippen molar-refractivity contribution in [1.29, 1.82) is 0 Å². The van der Waals surface area contributed by atoms with Gasteiger partial charge in [-0.05, 0) is 0 Å². The first-order valence-electron chi connectivity index (χ1n) is 6.71. The maximum Gasteiger partial charge on any atom is 0.167 e. The van der Waals surface area contributed by atoms with Crippen LogP contribution in [0.2, 0.25) is 0 Å². The molecule has 0 aliphatic carbocycles. The van der Waals surface area contributed by atoms with Gasteiger partial charge in [0, 0.05) is 17.4 Å². The lowest BCUT2D eigenvalue weighted by Gasteiger charge is -2.16. The number of rotatable bonds is 5. The molecule has 0 aromatic carbocycles. The SMILES string of the molecule is Nc1ncnc2c1ncn2[C@@H]1O[C@H](CSCCCl)[C@@H](O)[C@H]1O. The van der Waals surface area contributed by atoms with Crippen LogP contribution in [0.25, 0.3) is 11.2 Å². The lowest BCUT2D eigenvalue weighted by molar-refractivity contribution is -0.0288. The van der Waals surface area contributed by atoms with Crippen molar-refractivity contribution in [3.63, 3.8) is 0 Å². The minimum atomic E-state index is -1.07. The molecular weight excluding hydrogens is 330 g/mol. The van der Waals surface area contributed by atoms with E-state index in [2.05, 4.69) is 15.0 Å². The maximum absolute atomic E-state index is 10.3. The summed E-state index contributed by atoms with van der Waals surface area (Å²) in [5.41, 5.74) is 6.64. The Labute approximate surface area is 135 Å². The molecule has 8 nitrogen and oxygen atoms in total. The molecule has 0 saturated carbocycles. The number of nitrogens with two attached hydrogens (primary N) is 1. The fourth-order valence-electron chi connectivity index (χ4n) is 2.41. The van der Waals surface area contributed by atoms with Crippen molar-refractivity contribution in [2.45, 2.75) is 24.5 Å². The van der Waals surface area contributed by atoms with Gasteiger partial charge >= 0.3 is 0 Å². The number of nitrogen functional groups attached to an aromatic ring is 1. The zero-order chi connectivity index (χ0) is 15.7. The Morgan fingerprint density at radius 3 is 2.91 bits per heavy atom. The summed E-state index contributed by atoms with van der Waals surface area (Å²) < 4.78 is 7.35. The summed E-state index contributed by atoms with van der Waals surface area (Å²) >= 11 is 7.19. The smallest absolute Gasteiger partial charge is 0.167 e. The van der Waals surface area contributed by atoms with Crippen LogP contribution >= 0.6 is 23.4 Å². The fourth-order valence-corrected chi connectivity index (χ4v) is 3.52. The van der Waals surface area contributed by atoms with Crippen molar-refractivity contribution in [1.82, 2.24) is 19.5 Å². The first-order chi connectivity index (χ1) is 10.6. The molecule has 0 amide bonds. The number of aromatic nitrogens is 4. The molecule has 1 aliphatic rings. The lowest BCUT2D eigenvalue weighted by atomic mass is 10.1. The highest BCUT2D eigenvalue weighted by atomic mass is 35.5. The van der Waals surface area contributed by atoms with E-state index in [9.17, 15) is 10.2 Å². The number of aliphatic hydroxyl groups is 2. The minimum Gasteiger partial charge on any atom is -0.387 e. The summed E-state index contributed by atoms with van der Waals surface area (Å²) in [4.78, 5) is 12.1. The van der Waals surface area contributed by atoms with E-state index in [1.54, 1.807) is 16.3 Å². The third-order valence-corrected chi connectivity index (χ3v) is 4.97. The molecule has 0 unspecified atom stereocenters. The van der Waals surface area contributed by atoms with Crippen molar-refractivity contribution in [3.8, 4) is 0 Å². The van der Waals surface area contributed by atoms with Crippen molar-refractivity contribution in [2.24, 2.45) is 0 Å². The number of hydrogen-bond donors (Lipinski definition) is 3. The van der Waals surface area contributed by atoms with Crippen molar-refractivity contribution >= 4 is 40.3 Å². The number of fused-ring (bicyclic) bond motifs is 1. The van der Waals surface area contributed by atoms with Gasteiger partial charge in [0.15, 0.2) is 17.7 Å². The molecule has 0 spiro atoms. The largest absolute Gasteiger partial charge is 0.387 e. The van der Waals surface area contributed by atoms with Gasteiger partial charge in [-0.2, -0.15) is 11.8 Å². The number of imidazole rings is 1. The predicted octanol–water partition coefficient (Wildman–Crippen LogP) is -0.000300. The van der Waals surface area contributed by atoms with Gasteiger partial charge in [0.05, 0.1) is 12.4 Å². The molecule has 1 fully saturated rings. The Morgan fingerprint density at radius 2 is 2.14 bits per heavy atom. The van der Waals surface area contributed by atoms with E-state index in [0.717, 1.165) is 5.75 Å². The van der Waals surface area contributed by atoms with Crippen LogP contribution in [-0.2, 0) is 4.74 Å². The zero-order valence-electron chi connectivity index (χ0n) is 11.5. The number of anilines is 1. The molecule has 3 heterocycles. The molecule has 2 aromatic heterocycles. The molecule has 2 aromatic rings. The molecule has 1 aliphatic heterocycles. The third kappa shape index (κ3) is 2.74. The van der Waals surface area contributed by atoms with Gasteiger partial charge in [0.2, 0.25) is 0 Å². The van der Waals surface area contributed by atoms with E-state index in [4.69, 9.17) is 22.1 Å². The molecule has 0 bridgehead atoms. The Morgan fingerprint density at radius 1 is 1.32 bits per heavy atom. The Hall–Kier alpha value is -1.13. The average Bonchev–Trinajstić information content (AvgIpc) is 3.05. The van der Waals surface area contributed by atoms with Crippen LogP contribution in [0.1, 0.15) is 6.23 Å². The summed E-state index contributed by atoms with van der Waals surface area (Å²) in [6.07, 6.45) is -0.508. The van der Waals surface area contributed by atoms with Gasteiger partial charge in [-0.15, -0.1) is 11.6 Å². The molecule has 120 valence electrons. The Bertz CT molecular complexity index is 657. The van der Waals surface area contributed by atoms with Crippen molar-refractivity contribution in [2.75, 3.05) is 23.1 Å². The van der Waals surface area contributed by atoms with E-state index in [-0.39, 0.29) is 5.82 Å². The van der Waals surface area contributed by atoms with Gasteiger partial charge in [0.1, 0.15) is 24.1 Å². The number of halogens is 1. The monoisotopic (exact) mass is 345 g/mol. The lowest BCUT2D eigenvalue weighted by Crippen LogP contribution is -2.32. The molecule has 10 heteroatoms. The number of thioether (sulfide) groups is 1. The van der Waals surface area contributed by atoms with Crippen molar-refractivity contribution in [3.05, 3.63) is 12.7 Å². The van der Waals surface area contributed by atoms with Gasteiger partial charge < -0.3 is 20.7 Å². The van der Waals surface area contributed by atoms with Crippen LogP contribution in [0, 0.1) is 0 Å². The molecule has 3 rings (SSSR count). The molecule has 4 atom stereocenters. The van der Waals surface area contributed by atoms with E-state index in [0.29, 0.717) is 22.8 Å². The average molecular weight is 346 g/mol. The normalized spacial score (nSPS) is 28.5. The van der Waals surface area contributed by atoms with Gasteiger partial charge in [-0.25, -0.2) is 15.0 Å². The van der Waals surface area contributed by atoms with Crippen LogP contribution < -0.4 is 5.73 Å². The van der Waals surface area contributed by atoms with Crippen LogP contribution in [-0.4, -0.2) is 65.4 Å². The zero-order valence-corrected chi connectivity index (χ0v) is 13.1. The summed E-state index contributed by atoms with van der Waals surface area (Å²) in [5, 5.41) is 20.4. The van der Waals surface area contributed by atoms with E-state index < -0.39 is 24.5 Å². The number of ether oxygens (including phenoxy) is 1. The number of aliphatic hydroxyl groups excluding tert-OH is 2. The molecule has 1 saturated heterocycles. The van der Waals surface area contributed by atoms with E-state index >= 15 is 0 Å². The predicted molar refractivity (Wildman–Crippen MR) is 83.7 cm³/mol. The highest BCUT2D eigenvalue weighted by Crippen LogP contribution is 2.33. The highest BCUT2D eigenvalue weighted by molar-refractivity contribution is 7.99. The standard InChI is InChI=1S/C12H16ClN5O3S/c13-1-2-22-3-6-8(19)9(20)12(21-6)18-5-17-7-10(14)15-4-16-11(7)18/h4-6,8-9,12,19-20H,1-3H2,(H2,14,15,16)/t6-,8-,9-,12-/m1/s1. The topological polar surface area (TPSA) is 119 Å². The quantitative estimate of drug-likeness (QED) is 0.511. The maximum atomic E-state index is 10.3. The first kappa shape index (κ1) is 15.8. The third-order valence-electron chi connectivity index (χ3n) is 3.50. The summed E-state index contributed by atoms with van der Waals surface area (Å²) in [6, 6.07) is 0. The van der Waals surface area contributed by atoms with Crippen molar-refractivity contribution < 1.29 is 14.9 Å². The van der Waals surface area contributed by atoms with Crippen LogP contribution in [0.15, 0.2) is 12.7 Å². The van der Waals surface area contributed by atoms with Crippen LogP contribution in [0.3, 0.4) is 0 Å². The van der Waals surface area contributed by atoms with E-state index in [1.165, 1.54) is 12.7 Å². The summed E-state index contributed by atoms with van der Waals surface area (Å²) in [5.74, 6) is 2.09. The van der Waals surface area contributed by atoms with E-state index in [1.807, 2.05) is 0 Å². The Kier molecular flexibility index (Phi) is 4.69. The summed E-state index contributed by atoms with van der Waals surface area (Å²) in [6.45, 7) is 0. The Balaban J connectivity index is 1.83. The summed E-state index contributed by atoms with van der Waals surface area (Å²) in [7, 11) is 0. The van der Waals surface area contributed by atoms with Gasteiger partial charge in [-0.3, -0.25) is 4.57 Å². The van der Waals surface area contributed by atoms with Crippen LogP contribution in [0.5, 0.6) is 0 Å². The minimum absolute atomic E-state index is 0.256. The number of alkyl halides is 1. The second-order valence-electron chi connectivity index (χ2n) is 4.89. The second kappa shape index (κ2) is 6.55. The first-order valence-corrected chi connectivity index (χ1v) is 8.40. The molecule has 0 radical (unpaired) electrons. The second-order valence-corrected chi connectivity index (χ2v) is 6.42. The number of nitrogens with zero attached hydrogens (tertiary/aromatic N) is 4.